The molecule has 1 heterocycles. The summed E-state index contributed by atoms with van der Waals surface area (Å²) in [5, 5.41) is 0. The van der Waals surface area contributed by atoms with Crippen LogP contribution in [0.15, 0.2) is 0 Å². The van der Waals surface area contributed by atoms with Gasteiger partial charge in [-0.2, -0.15) is 0 Å². The minimum atomic E-state index is 0.917. The lowest BCUT2D eigenvalue weighted by molar-refractivity contribution is 0.209. The fraction of sp³-hybridized carbons (Fsp3) is 1.00. The normalized spacial score (nSPS) is 17.7. The molecule has 0 spiro atoms. The van der Waals surface area contributed by atoms with E-state index in [-0.39, 0.29) is 0 Å². The Bertz CT molecular complexity index is 196. The van der Waals surface area contributed by atoms with E-state index < -0.39 is 0 Å². The van der Waals surface area contributed by atoms with Gasteiger partial charge in [-0.1, -0.05) is 78.1 Å². The van der Waals surface area contributed by atoms with Gasteiger partial charge in [-0.3, -0.25) is 0 Å². The molecule has 1 aliphatic heterocycles. The largest absolute Gasteiger partial charge is 0.300 e. The first kappa shape index (κ1) is 18.0. The molecule has 0 aromatic carbocycles. The molecule has 1 unspecified atom stereocenters. The quantitative estimate of drug-likeness (QED) is 0.365. The third-order valence-electron chi connectivity index (χ3n) is 4.94. The summed E-state index contributed by atoms with van der Waals surface area (Å²) in [7, 11) is 0. The maximum absolute atomic E-state index is 2.80. The van der Waals surface area contributed by atoms with Crippen molar-refractivity contribution < 1.29 is 0 Å². The van der Waals surface area contributed by atoms with E-state index in [0.717, 1.165) is 6.04 Å². The van der Waals surface area contributed by atoms with Gasteiger partial charge in [0.15, 0.2) is 0 Å². The lowest BCUT2D eigenvalue weighted by Gasteiger charge is -2.27. The molecule has 1 aliphatic rings. The van der Waals surface area contributed by atoms with Crippen molar-refractivity contribution in [2.75, 3.05) is 13.1 Å². The van der Waals surface area contributed by atoms with Crippen LogP contribution in [-0.4, -0.2) is 24.0 Å². The zero-order valence-corrected chi connectivity index (χ0v) is 14.3. The van der Waals surface area contributed by atoms with Crippen molar-refractivity contribution in [2.45, 2.75) is 110 Å². The summed E-state index contributed by atoms with van der Waals surface area (Å²) in [6.07, 6.45) is 20.2. The van der Waals surface area contributed by atoms with Crippen molar-refractivity contribution in [3.63, 3.8) is 0 Å². The molecule has 1 atom stereocenters. The first-order valence-corrected chi connectivity index (χ1v) is 9.62. The standard InChI is InChI=1S/C19H39N/c1-3-5-7-9-10-12-16-19(15-11-8-6-4-2)20-17-13-14-18-20/h19H,3-18H2,1-2H3. The molecular formula is C19H39N. The molecule has 0 amide bonds. The summed E-state index contributed by atoms with van der Waals surface area (Å²) in [4.78, 5) is 2.80. The molecule has 120 valence electrons. The van der Waals surface area contributed by atoms with Crippen LogP contribution < -0.4 is 0 Å². The van der Waals surface area contributed by atoms with Gasteiger partial charge in [-0.05, 0) is 38.8 Å². The van der Waals surface area contributed by atoms with Gasteiger partial charge in [0, 0.05) is 6.04 Å². The molecule has 0 radical (unpaired) electrons. The molecule has 0 aromatic rings. The van der Waals surface area contributed by atoms with Gasteiger partial charge in [-0.15, -0.1) is 0 Å². The monoisotopic (exact) mass is 281 g/mol. The molecule has 0 aromatic heterocycles. The molecule has 20 heavy (non-hydrogen) atoms. The van der Waals surface area contributed by atoms with Crippen LogP contribution in [0.5, 0.6) is 0 Å². The van der Waals surface area contributed by atoms with Crippen LogP contribution in [0.2, 0.25) is 0 Å². The number of hydrogen-bond donors (Lipinski definition) is 0. The summed E-state index contributed by atoms with van der Waals surface area (Å²) >= 11 is 0. The molecule has 0 N–H and O–H groups in total. The Labute approximate surface area is 128 Å². The minimum absolute atomic E-state index is 0.917. The highest BCUT2D eigenvalue weighted by atomic mass is 15.2. The van der Waals surface area contributed by atoms with Crippen LogP contribution in [-0.2, 0) is 0 Å². The molecule has 1 fully saturated rings. The maximum Gasteiger partial charge on any atom is 0.00952 e. The Kier molecular flexibility index (Phi) is 11.4. The second-order valence-corrected chi connectivity index (χ2v) is 6.80. The maximum atomic E-state index is 2.80. The summed E-state index contributed by atoms with van der Waals surface area (Å²) in [5.41, 5.74) is 0. The van der Waals surface area contributed by atoms with E-state index in [0.29, 0.717) is 0 Å². The van der Waals surface area contributed by atoms with Crippen LogP contribution in [0, 0.1) is 0 Å². The SMILES string of the molecule is CCCCCCCCC(CCCCCC)N1CCCC1. The van der Waals surface area contributed by atoms with Crippen LogP contribution >= 0.6 is 0 Å². The highest BCUT2D eigenvalue weighted by Crippen LogP contribution is 2.22. The van der Waals surface area contributed by atoms with Crippen molar-refractivity contribution in [1.29, 1.82) is 0 Å². The zero-order valence-electron chi connectivity index (χ0n) is 14.3. The first-order chi connectivity index (χ1) is 9.88. The van der Waals surface area contributed by atoms with Gasteiger partial charge in [0.2, 0.25) is 0 Å². The molecule has 1 rings (SSSR count). The lowest BCUT2D eigenvalue weighted by Crippen LogP contribution is -2.32. The number of hydrogen-bond acceptors (Lipinski definition) is 1. The third-order valence-corrected chi connectivity index (χ3v) is 4.94. The smallest absolute Gasteiger partial charge is 0.00952 e. The molecule has 0 saturated carbocycles. The van der Waals surface area contributed by atoms with Gasteiger partial charge in [-0.25, -0.2) is 0 Å². The number of unbranched alkanes of at least 4 members (excludes halogenated alkanes) is 8. The van der Waals surface area contributed by atoms with E-state index in [1.54, 1.807) is 0 Å². The average Bonchev–Trinajstić information content (AvgIpc) is 2.99. The van der Waals surface area contributed by atoms with Gasteiger partial charge < -0.3 is 4.90 Å². The molecule has 0 bridgehead atoms. The van der Waals surface area contributed by atoms with E-state index in [2.05, 4.69) is 18.7 Å². The van der Waals surface area contributed by atoms with Crippen LogP contribution in [0.1, 0.15) is 104 Å². The van der Waals surface area contributed by atoms with Crippen LogP contribution in [0.25, 0.3) is 0 Å². The second-order valence-electron chi connectivity index (χ2n) is 6.80. The van der Waals surface area contributed by atoms with Crippen molar-refractivity contribution in [3.05, 3.63) is 0 Å². The van der Waals surface area contributed by atoms with E-state index in [4.69, 9.17) is 0 Å². The number of rotatable bonds is 13. The van der Waals surface area contributed by atoms with Gasteiger partial charge in [0.05, 0.1) is 0 Å². The lowest BCUT2D eigenvalue weighted by atomic mass is 9.99. The van der Waals surface area contributed by atoms with Gasteiger partial charge in [0.25, 0.3) is 0 Å². The Morgan fingerprint density at radius 3 is 1.65 bits per heavy atom. The Morgan fingerprint density at radius 1 is 0.650 bits per heavy atom. The van der Waals surface area contributed by atoms with E-state index in [9.17, 15) is 0 Å². The Hall–Kier alpha value is -0.0400. The Morgan fingerprint density at radius 2 is 1.10 bits per heavy atom. The van der Waals surface area contributed by atoms with Crippen molar-refractivity contribution >= 4 is 0 Å². The van der Waals surface area contributed by atoms with Crippen molar-refractivity contribution in [3.8, 4) is 0 Å². The third kappa shape index (κ3) is 8.29. The number of likely N-dealkylation sites (tertiary alicyclic amines) is 1. The van der Waals surface area contributed by atoms with Crippen LogP contribution in [0.3, 0.4) is 0 Å². The molecule has 1 nitrogen and oxygen atoms in total. The number of nitrogens with zero attached hydrogens (tertiary/aromatic N) is 1. The van der Waals surface area contributed by atoms with Gasteiger partial charge >= 0.3 is 0 Å². The summed E-state index contributed by atoms with van der Waals surface area (Å²) in [6, 6.07) is 0.917. The van der Waals surface area contributed by atoms with Crippen LogP contribution in [0.4, 0.5) is 0 Å². The summed E-state index contributed by atoms with van der Waals surface area (Å²) < 4.78 is 0. The van der Waals surface area contributed by atoms with Crippen molar-refractivity contribution in [2.24, 2.45) is 0 Å². The van der Waals surface area contributed by atoms with E-state index in [1.807, 2.05) is 0 Å². The molecule has 1 saturated heterocycles. The van der Waals surface area contributed by atoms with Gasteiger partial charge in [0.1, 0.15) is 0 Å². The summed E-state index contributed by atoms with van der Waals surface area (Å²) in [5.74, 6) is 0. The van der Waals surface area contributed by atoms with E-state index >= 15 is 0 Å². The van der Waals surface area contributed by atoms with E-state index in [1.165, 1.54) is 103 Å². The first-order valence-electron chi connectivity index (χ1n) is 9.62. The zero-order chi connectivity index (χ0) is 14.5. The predicted molar refractivity (Wildman–Crippen MR) is 91.3 cm³/mol. The minimum Gasteiger partial charge on any atom is -0.300 e. The topological polar surface area (TPSA) is 3.24 Å². The highest BCUT2D eigenvalue weighted by molar-refractivity contribution is 4.76. The molecule has 1 heteroatoms. The highest BCUT2D eigenvalue weighted by Gasteiger charge is 2.20. The fourth-order valence-electron chi connectivity index (χ4n) is 3.58. The van der Waals surface area contributed by atoms with Crippen molar-refractivity contribution in [1.82, 2.24) is 4.90 Å². The fourth-order valence-corrected chi connectivity index (χ4v) is 3.58. The average molecular weight is 282 g/mol. The Balaban J connectivity index is 2.13. The second kappa shape index (κ2) is 12.7. The molecule has 0 aliphatic carbocycles. The molecular weight excluding hydrogens is 242 g/mol. The predicted octanol–water partition coefficient (Wildman–Crippen LogP) is 6.17. The summed E-state index contributed by atoms with van der Waals surface area (Å²) in [6.45, 7) is 7.39.